The Morgan fingerprint density at radius 1 is 1.25 bits per heavy atom. The van der Waals surface area contributed by atoms with Crippen LogP contribution in [0.5, 0.6) is 0 Å². The highest BCUT2D eigenvalue weighted by Gasteiger charge is 2.27. The van der Waals surface area contributed by atoms with Gasteiger partial charge in [0.05, 0.1) is 0 Å². The predicted octanol–water partition coefficient (Wildman–Crippen LogP) is 3.16. The van der Waals surface area contributed by atoms with Crippen LogP contribution >= 0.6 is 0 Å². The molecule has 0 aromatic carbocycles. The number of pyridine rings is 1. The molecule has 2 rings (SSSR count). The van der Waals surface area contributed by atoms with Crippen molar-refractivity contribution in [2.24, 2.45) is 5.41 Å². The summed E-state index contributed by atoms with van der Waals surface area (Å²) >= 11 is 0. The zero-order valence-corrected chi connectivity index (χ0v) is 10.1. The zero-order valence-electron chi connectivity index (χ0n) is 10.1. The van der Waals surface area contributed by atoms with Crippen molar-refractivity contribution in [3.05, 3.63) is 35.7 Å². The van der Waals surface area contributed by atoms with E-state index in [0.717, 1.165) is 23.3 Å². The Hall–Kier alpha value is -1.44. The van der Waals surface area contributed by atoms with Gasteiger partial charge in [-0.3, -0.25) is 9.78 Å². The molecule has 1 aromatic heterocycles. The number of carbonyl (C=O) groups is 1. The number of carbonyl (C=O) groups excluding carboxylic acids is 1. The molecule has 0 saturated carbocycles. The molecule has 2 nitrogen and oxygen atoms in total. The van der Waals surface area contributed by atoms with Crippen LogP contribution in [-0.2, 0) is 4.79 Å². The van der Waals surface area contributed by atoms with Gasteiger partial charge in [-0.05, 0) is 42.0 Å². The van der Waals surface area contributed by atoms with Crippen molar-refractivity contribution >= 4 is 11.4 Å². The lowest BCUT2D eigenvalue weighted by Crippen LogP contribution is -2.21. The Morgan fingerprint density at radius 3 is 2.56 bits per heavy atom. The third kappa shape index (κ3) is 2.38. The van der Waals surface area contributed by atoms with Gasteiger partial charge in [-0.25, -0.2) is 0 Å². The molecular weight excluding hydrogens is 198 g/mol. The minimum atomic E-state index is 0.0754. The van der Waals surface area contributed by atoms with E-state index < -0.39 is 0 Å². The van der Waals surface area contributed by atoms with Crippen molar-refractivity contribution in [3.8, 4) is 0 Å². The molecule has 2 heteroatoms. The summed E-state index contributed by atoms with van der Waals surface area (Å²) in [7, 11) is 0. The molecule has 0 unspecified atom stereocenters. The van der Waals surface area contributed by atoms with E-state index in [4.69, 9.17) is 0 Å². The van der Waals surface area contributed by atoms with Gasteiger partial charge in [0.1, 0.15) is 0 Å². The first-order valence-corrected chi connectivity index (χ1v) is 5.63. The summed E-state index contributed by atoms with van der Waals surface area (Å²) in [5.41, 5.74) is 3.28. The molecular formula is C14H17NO. The van der Waals surface area contributed by atoms with Crippen molar-refractivity contribution < 1.29 is 4.79 Å². The van der Waals surface area contributed by atoms with Crippen LogP contribution in [0, 0.1) is 12.3 Å². The molecule has 16 heavy (non-hydrogen) atoms. The first-order chi connectivity index (χ1) is 7.46. The molecule has 0 radical (unpaired) electrons. The first-order valence-electron chi connectivity index (χ1n) is 5.63. The van der Waals surface area contributed by atoms with Gasteiger partial charge in [0.25, 0.3) is 0 Å². The van der Waals surface area contributed by atoms with Crippen LogP contribution in [0.15, 0.2) is 24.4 Å². The van der Waals surface area contributed by atoms with Crippen LogP contribution in [0.1, 0.15) is 37.9 Å². The van der Waals surface area contributed by atoms with Crippen LogP contribution < -0.4 is 0 Å². The fraction of sp³-hybridized carbons (Fsp3) is 0.429. The fourth-order valence-corrected chi connectivity index (χ4v) is 2.19. The first kappa shape index (κ1) is 11.1. The summed E-state index contributed by atoms with van der Waals surface area (Å²) in [6, 6.07) is 4.03. The lowest BCUT2D eigenvalue weighted by Gasteiger charge is -2.28. The second kappa shape index (κ2) is 3.85. The second-order valence-corrected chi connectivity index (χ2v) is 5.34. The van der Waals surface area contributed by atoms with Crippen molar-refractivity contribution in [1.29, 1.82) is 0 Å². The Bertz CT molecular complexity index is 440. The molecule has 84 valence electrons. The maximum atomic E-state index is 11.6. The van der Waals surface area contributed by atoms with Crippen LogP contribution in [0.2, 0.25) is 0 Å². The van der Waals surface area contributed by atoms with Gasteiger partial charge >= 0.3 is 0 Å². The quantitative estimate of drug-likeness (QED) is 0.720. The smallest absolute Gasteiger partial charge is 0.156 e. The molecule has 1 aromatic rings. The topological polar surface area (TPSA) is 30.0 Å². The summed E-state index contributed by atoms with van der Waals surface area (Å²) in [4.78, 5) is 15.9. The van der Waals surface area contributed by atoms with E-state index in [-0.39, 0.29) is 11.2 Å². The lowest BCUT2D eigenvalue weighted by molar-refractivity contribution is -0.116. The number of hydrogen-bond acceptors (Lipinski definition) is 2. The van der Waals surface area contributed by atoms with Crippen LogP contribution in [-0.4, -0.2) is 10.8 Å². The monoisotopic (exact) mass is 215 g/mol. The van der Waals surface area contributed by atoms with E-state index in [2.05, 4.69) is 18.8 Å². The Labute approximate surface area is 96.4 Å². The molecule has 0 atom stereocenters. The number of rotatable bonds is 1. The highest BCUT2D eigenvalue weighted by atomic mass is 16.1. The SMILES string of the molecule is Cc1ccc(C2=CC(=O)CC(C)(C)C2)cn1. The van der Waals surface area contributed by atoms with E-state index in [1.165, 1.54) is 0 Å². The minimum absolute atomic E-state index is 0.0754. The van der Waals surface area contributed by atoms with Gasteiger partial charge in [0, 0.05) is 18.3 Å². The van der Waals surface area contributed by atoms with E-state index in [0.29, 0.717) is 6.42 Å². The number of aromatic nitrogens is 1. The average molecular weight is 215 g/mol. The predicted molar refractivity (Wildman–Crippen MR) is 65.0 cm³/mol. The number of allylic oxidation sites excluding steroid dienone is 2. The van der Waals surface area contributed by atoms with E-state index in [9.17, 15) is 4.79 Å². The molecule has 1 heterocycles. The van der Waals surface area contributed by atoms with Gasteiger partial charge in [0.2, 0.25) is 0 Å². The highest BCUT2D eigenvalue weighted by Crippen LogP contribution is 2.37. The molecule has 0 fully saturated rings. The number of ketones is 1. The van der Waals surface area contributed by atoms with Gasteiger partial charge in [0.15, 0.2) is 5.78 Å². The van der Waals surface area contributed by atoms with Crippen molar-refractivity contribution in [2.45, 2.75) is 33.6 Å². The maximum absolute atomic E-state index is 11.6. The van der Waals surface area contributed by atoms with Crippen molar-refractivity contribution in [2.75, 3.05) is 0 Å². The molecule has 1 aliphatic rings. The minimum Gasteiger partial charge on any atom is -0.295 e. The average Bonchev–Trinajstić information content (AvgIpc) is 2.15. The number of nitrogens with zero attached hydrogens (tertiary/aromatic N) is 1. The normalized spacial score (nSPS) is 19.4. The van der Waals surface area contributed by atoms with E-state index >= 15 is 0 Å². The maximum Gasteiger partial charge on any atom is 0.156 e. The van der Waals surface area contributed by atoms with Crippen LogP contribution in [0.4, 0.5) is 0 Å². The largest absolute Gasteiger partial charge is 0.295 e. The third-order valence-electron chi connectivity index (χ3n) is 2.94. The third-order valence-corrected chi connectivity index (χ3v) is 2.94. The molecule has 0 saturated heterocycles. The summed E-state index contributed by atoms with van der Waals surface area (Å²) in [5, 5.41) is 0. The summed E-state index contributed by atoms with van der Waals surface area (Å²) < 4.78 is 0. The van der Waals surface area contributed by atoms with Crippen LogP contribution in [0.3, 0.4) is 0 Å². The van der Waals surface area contributed by atoms with Crippen molar-refractivity contribution in [1.82, 2.24) is 4.98 Å². The molecule has 0 N–H and O–H groups in total. The summed E-state index contributed by atoms with van der Waals surface area (Å²) in [6.07, 6.45) is 5.23. The summed E-state index contributed by atoms with van der Waals surface area (Å²) in [5.74, 6) is 0.229. The van der Waals surface area contributed by atoms with Crippen LogP contribution in [0.25, 0.3) is 5.57 Å². The van der Waals surface area contributed by atoms with Gasteiger partial charge in [-0.2, -0.15) is 0 Å². The van der Waals surface area contributed by atoms with Gasteiger partial charge < -0.3 is 0 Å². The van der Waals surface area contributed by atoms with Crippen molar-refractivity contribution in [3.63, 3.8) is 0 Å². The van der Waals surface area contributed by atoms with E-state index in [1.807, 2.05) is 25.3 Å². The number of hydrogen-bond donors (Lipinski definition) is 0. The molecule has 0 aliphatic heterocycles. The highest BCUT2D eigenvalue weighted by molar-refractivity contribution is 5.99. The molecule has 1 aliphatic carbocycles. The standard InChI is InChI=1S/C14H17NO/c1-10-4-5-11(9-15-10)12-6-13(16)8-14(2,3)7-12/h4-6,9H,7-8H2,1-3H3. The Morgan fingerprint density at radius 2 is 2.00 bits per heavy atom. The molecule has 0 amide bonds. The fourth-order valence-electron chi connectivity index (χ4n) is 2.19. The lowest BCUT2D eigenvalue weighted by atomic mass is 9.75. The second-order valence-electron chi connectivity index (χ2n) is 5.34. The zero-order chi connectivity index (χ0) is 11.8. The number of aryl methyl sites for hydroxylation is 1. The Kier molecular flexibility index (Phi) is 2.66. The van der Waals surface area contributed by atoms with Gasteiger partial charge in [-0.1, -0.05) is 19.9 Å². The van der Waals surface area contributed by atoms with Gasteiger partial charge in [-0.15, -0.1) is 0 Å². The van der Waals surface area contributed by atoms with E-state index in [1.54, 1.807) is 6.08 Å². The Balaban J connectivity index is 2.34. The molecule has 0 bridgehead atoms. The summed E-state index contributed by atoms with van der Waals surface area (Å²) in [6.45, 7) is 6.24. The molecule has 0 spiro atoms.